The second-order valence-corrected chi connectivity index (χ2v) is 0. The number of rotatable bonds is 0. The fourth-order valence-electron chi connectivity index (χ4n) is 0. The molecule has 0 aromatic heterocycles. The Bertz CT molecular complexity index is 9.61. The molecular weight excluding hydrogens is 203 g/mol. The maximum absolute atomic E-state index is 8.25. The van der Waals surface area contributed by atoms with Crippen LogP contribution in [-0.4, -0.2) is 37.7 Å². The van der Waals surface area contributed by atoms with Gasteiger partial charge in [0.1, 0.15) is 0 Å². The fraction of sp³-hybridized carbons (Fsp3) is 0. The van der Waals surface area contributed by atoms with E-state index in [1.54, 1.807) is 0 Å². The molecule has 0 aromatic rings. The van der Waals surface area contributed by atoms with Crippen molar-refractivity contribution in [3.8, 4) is 0 Å². The largest absolute Gasteiger partial charge is 0 e. The Labute approximate surface area is 99.5 Å². The van der Waals surface area contributed by atoms with Crippen LogP contribution in [0.1, 0.15) is 0 Å². The molecule has 0 N–H and O–H groups in total. The quantitative estimate of drug-likeness (QED) is 0.461. The first-order valence-corrected chi connectivity index (χ1v) is 0.842. The molecule has 0 saturated heterocycles. The van der Waals surface area contributed by atoms with Gasteiger partial charge in [-0.3, -0.25) is 0 Å². The summed E-state index contributed by atoms with van der Waals surface area (Å²) in [5.74, 6) is 0. The van der Waals surface area contributed by atoms with Crippen LogP contribution >= 0.6 is 0 Å². The number of hydrogen-bond acceptors (Lipinski definition) is 1. The standard InChI is InChI=1S/Ca.O.2Ti.V.2H. The Morgan fingerprint density at radius 1 is 1.20 bits per heavy atom. The topological polar surface area (TPSA) is 17.1 Å². The summed E-state index contributed by atoms with van der Waals surface area (Å²) in [6, 6.07) is 0. The van der Waals surface area contributed by atoms with Gasteiger partial charge in [-0.2, -0.15) is 0 Å². The van der Waals surface area contributed by atoms with Crippen molar-refractivity contribution < 1.29 is 64.0 Å². The van der Waals surface area contributed by atoms with Gasteiger partial charge in [-0.05, 0) is 0 Å². The van der Waals surface area contributed by atoms with Gasteiger partial charge in [-0.15, -0.1) is 0 Å². The summed E-state index contributed by atoms with van der Waals surface area (Å²) in [6.45, 7) is 0. The van der Waals surface area contributed by atoms with E-state index in [0.29, 0.717) is 0 Å². The molecule has 0 heterocycles. The molecular formula is H2CaOTi2V. The Hall–Kier alpha value is 3.07. The molecule has 1 nitrogen and oxygen atoms in total. The third kappa shape index (κ3) is 19.3. The van der Waals surface area contributed by atoms with Crippen LogP contribution in [0, 0.1) is 0 Å². The van der Waals surface area contributed by atoms with Crippen molar-refractivity contribution >= 4 is 37.7 Å². The van der Waals surface area contributed by atoms with Gasteiger partial charge in [0.2, 0.25) is 0 Å². The predicted molar refractivity (Wildman–Crippen MR) is 9.23 cm³/mol. The van der Waals surface area contributed by atoms with Gasteiger partial charge in [0.15, 0.2) is 0 Å². The SMILES string of the molecule is [CaH2].[O]=[Ti].[Ti].[V]. The van der Waals surface area contributed by atoms with Gasteiger partial charge in [0.05, 0.1) is 0 Å². The zero-order chi connectivity index (χ0) is 2.00. The third-order valence-corrected chi connectivity index (χ3v) is 0. The summed E-state index contributed by atoms with van der Waals surface area (Å²) < 4.78 is 8.25. The normalized spacial score (nSPS) is 0.600. The van der Waals surface area contributed by atoms with Crippen LogP contribution in [-0.2, 0) is 64.0 Å². The van der Waals surface area contributed by atoms with E-state index in [1.807, 2.05) is 0 Å². The van der Waals surface area contributed by atoms with E-state index in [1.165, 1.54) is 0 Å². The molecule has 0 saturated carbocycles. The van der Waals surface area contributed by atoms with E-state index in [2.05, 4.69) is 0 Å². The molecule has 23 valence electrons. The second-order valence-electron chi connectivity index (χ2n) is 0. The van der Waals surface area contributed by atoms with Gasteiger partial charge in [-0.25, -0.2) is 0 Å². The first kappa shape index (κ1) is 24.3. The van der Waals surface area contributed by atoms with Crippen molar-refractivity contribution in [1.29, 1.82) is 0 Å². The minimum absolute atomic E-state index is 0. The zero-order valence-corrected chi connectivity index (χ0v) is 6.38. The third-order valence-electron chi connectivity index (χ3n) is 0. The van der Waals surface area contributed by atoms with E-state index in [-0.39, 0.29) is 78.0 Å². The summed E-state index contributed by atoms with van der Waals surface area (Å²) in [4.78, 5) is 0. The average Bonchev–Trinajstić information content (AvgIpc) is 1.00. The first-order valence-electron chi connectivity index (χ1n) is 0.204. The van der Waals surface area contributed by atoms with Gasteiger partial charge in [0, 0.05) is 40.3 Å². The van der Waals surface area contributed by atoms with Crippen LogP contribution in [0.2, 0.25) is 0 Å². The Balaban J connectivity index is -0.00000000167. The molecule has 0 aliphatic rings. The smallest absolute Gasteiger partial charge is 0 e. The molecule has 0 rings (SSSR count). The Kier molecular flexibility index (Phi) is 135. The van der Waals surface area contributed by atoms with Gasteiger partial charge >= 0.3 is 61.5 Å². The fourth-order valence-corrected chi connectivity index (χ4v) is 0. The summed E-state index contributed by atoms with van der Waals surface area (Å²) >= 11 is 0.750. The minimum atomic E-state index is 0. The van der Waals surface area contributed by atoms with Crippen molar-refractivity contribution in [2.45, 2.75) is 0 Å². The van der Waals surface area contributed by atoms with E-state index in [9.17, 15) is 0 Å². The van der Waals surface area contributed by atoms with Crippen molar-refractivity contribution in [3.63, 3.8) is 0 Å². The molecule has 0 aliphatic carbocycles. The Morgan fingerprint density at radius 2 is 1.20 bits per heavy atom. The molecule has 0 unspecified atom stereocenters. The molecule has 0 aliphatic heterocycles. The van der Waals surface area contributed by atoms with E-state index < -0.39 is 0 Å². The van der Waals surface area contributed by atoms with Crippen LogP contribution < -0.4 is 0 Å². The monoisotopic (exact) mass is 205 g/mol. The van der Waals surface area contributed by atoms with Crippen molar-refractivity contribution in [1.82, 2.24) is 0 Å². The average molecular weight is 205 g/mol. The molecule has 0 bridgehead atoms. The molecule has 0 amide bonds. The van der Waals surface area contributed by atoms with Crippen LogP contribution in [0.5, 0.6) is 0 Å². The van der Waals surface area contributed by atoms with Crippen LogP contribution in [0.3, 0.4) is 0 Å². The second kappa shape index (κ2) is 27.6. The molecule has 0 fully saturated rings. The first-order chi connectivity index (χ1) is 1.00. The molecule has 5 heteroatoms. The van der Waals surface area contributed by atoms with Crippen molar-refractivity contribution in [2.75, 3.05) is 0 Å². The van der Waals surface area contributed by atoms with E-state index in [4.69, 9.17) is 3.32 Å². The molecule has 5 heavy (non-hydrogen) atoms. The molecule has 0 spiro atoms. The summed E-state index contributed by atoms with van der Waals surface area (Å²) in [5.41, 5.74) is 0. The summed E-state index contributed by atoms with van der Waals surface area (Å²) in [7, 11) is 0. The zero-order valence-electron chi connectivity index (χ0n) is 1.86. The molecule has 0 atom stereocenters. The van der Waals surface area contributed by atoms with Crippen molar-refractivity contribution in [3.05, 3.63) is 0 Å². The van der Waals surface area contributed by atoms with Gasteiger partial charge in [-0.1, -0.05) is 0 Å². The van der Waals surface area contributed by atoms with Gasteiger partial charge in [0.25, 0.3) is 0 Å². The predicted octanol–water partition coefficient (Wildman–Crippen LogP) is -1.04. The van der Waals surface area contributed by atoms with Crippen LogP contribution in [0.25, 0.3) is 0 Å². The maximum atomic E-state index is 8.25. The van der Waals surface area contributed by atoms with Gasteiger partial charge < -0.3 is 0 Å². The Morgan fingerprint density at radius 3 is 1.20 bits per heavy atom. The van der Waals surface area contributed by atoms with E-state index >= 15 is 0 Å². The maximum Gasteiger partial charge on any atom is 0 e. The minimum Gasteiger partial charge on any atom is 0 e. The van der Waals surface area contributed by atoms with E-state index in [0.717, 1.165) is 20.4 Å². The number of hydrogen-bond donors (Lipinski definition) is 0. The molecule has 1 radical (unpaired) electrons. The molecule has 0 aromatic carbocycles. The van der Waals surface area contributed by atoms with Crippen molar-refractivity contribution in [2.24, 2.45) is 0 Å². The van der Waals surface area contributed by atoms with Crippen LogP contribution in [0.15, 0.2) is 0 Å². The summed E-state index contributed by atoms with van der Waals surface area (Å²) in [6.07, 6.45) is 0. The van der Waals surface area contributed by atoms with Crippen LogP contribution in [0.4, 0.5) is 0 Å². The summed E-state index contributed by atoms with van der Waals surface area (Å²) in [5, 5.41) is 0.